The second-order valence-corrected chi connectivity index (χ2v) is 3.19. The lowest BCUT2D eigenvalue weighted by molar-refractivity contribution is 2.36. The van der Waals surface area contributed by atoms with Gasteiger partial charge in [-0.25, -0.2) is 0 Å². The average molecular weight is 219 g/mol. The fourth-order valence-corrected chi connectivity index (χ4v) is 0. The van der Waals surface area contributed by atoms with Crippen molar-refractivity contribution in [3.05, 3.63) is 8.93 Å². The van der Waals surface area contributed by atoms with E-state index < -0.39 is 0 Å². The molecule has 0 amide bonds. The van der Waals surface area contributed by atoms with Crippen molar-refractivity contribution in [3.8, 4) is 0 Å². The molecule has 1 radical (unpaired) electrons. The quantitative estimate of drug-likeness (QED) is 0.587. The van der Waals surface area contributed by atoms with Crippen LogP contribution in [-0.4, -0.2) is 0 Å². The topological polar surface area (TPSA) is 0 Å². The predicted molar refractivity (Wildman–Crippen MR) is 30.5 cm³/mol. The highest BCUT2D eigenvalue weighted by molar-refractivity contribution is 9.28. The molecule has 0 aromatic carbocycles. The molecule has 0 saturated carbocycles. The molecule has 0 rings (SSSR count). The van der Waals surface area contributed by atoms with E-state index in [0.717, 1.165) is 0 Å². The van der Waals surface area contributed by atoms with Crippen LogP contribution in [0.2, 0.25) is 0 Å². The van der Waals surface area contributed by atoms with Crippen molar-refractivity contribution < 1.29 is 0 Å². The highest BCUT2D eigenvalue weighted by atomic mass is 79.9. The molecule has 0 spiro atoms. The lowest BCUT2D eigenvalue weighted by Gasteiger charge is -1.64. The summed E-state index contributed by atoms with van der Waals surface area (Å²) in [6, 6.07) is 0. The Morgan fingerprint density at radius 3 is 1.80 bits per heavy atom. The first kappa shape index (κ1) is 5.99. The molecule has 0 atom stereocenters. The van der Waals surface area contributed by atoms with Gasteiger partial charge in [0.15, 0.2) is 0 Å². The largest absolute Gasteiger partial charge is 0.0821 e. The minimum Gasteiger partial charge on any atom is -0.0808 e. The fourth-order valence-electron chi connectivity index (χ4n) is 0. The minimum absolute atomic E-state index is 0.645. The van der Waals surface area contributed by atoms with Gasteiger partial charge in [0.1, 0.15) is 0 Å². The molecule has 0 N–H and O–H groups in total. The Bertz CT molecular complexity index is 45.6. The maximum Gasteiger partial charge on any atom is 0.0821 e. The SMILES string of the molecule is Cl[C]=C(Br)Br. The predicted octanol–water partition coefficient (Wildman–Crippen LogP) is 2.62. The lowest BCUT2D eigenvalue weighted by Crippen LogP contribution is -1.32. The van der Waals surface area contributed by atoms with Crippen molar-refractivity contribution in [3.63, 3.8) is 0 Å². The third kappa shape index (κ3) is 4.99. The maximum absolute atomic E-state index is 4.96. The summed E-state index contributed by atoms with van der Waals surface area (Å²) in [6.07, 6.45) is 0. The van der Waals surface area contributed by atoms with Crippen molar-refractivity contribution in [2.75, 3.05) is 0 Å². The minimum atomic E-state index is 0.645. The molecule has 0 heterocycles. The molecule has 0 aliphatic rings. The van der Waals surface area contributed by atoms with Crippen LogP contribution in [-0.2, 0) is 0 Å². The lowest BCUT2D eigenvalue weighted by atomic mass is 11.3. The van der Waals surface area contributed by atoms with Crippen molar-refractivity contribution in [2.45, 2.75) is 0 Å². The molecule has 0 unspecified atom stereocenters. The summed E-state index contributed by atoms with van der Waals surface area (Å²) in [5, 5.41) is 0. The van der Waals surface area contributed by atoms with Gasteiger partial charge >= 0.3 is 0 Å². The summed E-state index contributed by atoms with van der Waals surface area (Å²) in [5.74, 6) is 0. The Labute approximate surface area is 52.5 Å². The second kappa shape index (κ2) is 3.19. The van der Waals surface area contributed by atoms with E-state index in [1.807, 2.05) is 0 Å². The smallest absolute Gasteiger partial charge is 0.0808 e. The zero-order valence-electron chi connectivity index (χ0n) is 2.13. The molecule has 0 nitrogen and oxygen atoms in total. The van der Waals surface area contributed by atoms with E-state index in [2.05, 4.69) is 37.4 Å². The summed E-state index contributed by atoms with van der Waals surface area (Å²) >= 11 is 10.9. The van der Waals surface area contributed by atoms with Gasteiger partial charge < -0.3 is 0 Å². The normalized spacial score (nSPS) is 7.00. The zero-order valence-corrected chi connectivity index (χ0v) is 6.06. The van der Waals surface area contributed by atoms with Gasteiger partial charge in [-0.3, -0.25) is 0 Å². The Kier molecular flexibility index (Phi) is 3.82. The molecule has 0 aliphatic heterocycles. The number of rotatable bonds is 0. The first-order valence-corrected chi connectivity index (χ1v) is 2.78. The van der Waals surface area contributed by atoms with Crippen LogP contribution in [0.4, 0.5) is 0 Å². The number of hydrogen-bond donors (Lipinski definition) is 0. The fraction of sp³-hybridized carbons (Fsp3) is 0. The van der Waals surface area contributed by atoms with Crippen molar-refractivity contribution in [2.24, 2.45) is 0 Å². The summed E-state index contributed by atoms with van der Waals surface area (Å²) in [4.78, 5) is 0. The maximum atomic E-state index is 4.96. The van der Waals surface area contributed by atoms with E-state index >= 15 is 0 Å². The third-order valence-corrected chi connectivity index (χ3v) is 1.11. The first-order chi connectivity index (χ1) is 2.27. The molecule has 0 aromatic rings. The second-order valence-electron chi connectivity index (χ2n) is 0.355. The molecule has 0 bridgehead atoms. The molecule has 0 aliphatic carbocycles. The summed E-state index contributed by atoms with van der Waals surface area (Å²) < 4.78 is 0.645. The monoisotopic (exact) mass is 217 g/mol. The molecule has 0 aromatic heterocycles. The Morgan fingerprint density at radius 2 is 1.80 bits per heavy atom. The summed E-state index contributed by atoms with van der Waals surface area (Å²) in [7, 11) is 0. The first-order valence-electron chi connectivity index (χ1n) is 0.817. The highest BCUT2D eigenvalue weighted by Crippen LogP contribution is 2.11. The molecule has 0 saturated heterocycles. The zero-order chi connectivity index (χ0) is 4.28. The van der Waals surface area contributed by atoms with E-state index in [1.54, 1.807) is 0 Å². The van der Waals surface area contributed by atoms with Crippen molar-refractivity contribution >= 4 is 43.5 Å². The van der Waals surface area contributed by atoms with E-state index in [1.165, 1.54) is 0 Å². The molecule has 3 heteroatoms. The van der Waals surface area contributed by atoms with E-state index in [9.17, 15) is 0 Å². The van der Waals surface area contributed by atoms with Crippen molar-refractivity contribution in [1.82, 2.24) is 0 Å². The standard InChI is InChI=1S/C2Br2Cl/c3-2(4)1-5. The van der Waals surface area contributed by atoms with Crippen LogP contribution in [0.3, 0.4) is 0 Å². The van der Waals surface area contributed by atoms with Crippen LogP contribution < -0.4 is 0 Å². The van der Waals surface area contributed by atoms with Gasteiger partial charge in [-0.1, -0.05) is 11.6 Å². The number of hydrogen-bond acceptors (Lipinski definition) is 0. The van der Waals surface area contributed by atoms with Gasteiger partial charge in [-0.2, -0.15) is 0 Å². The highest BCUT2D eigenvalue weighted by Gasteiger charge is 1.70. The van der Waals surface area contributed by atoms with Crippen LogP contribution >= 0.6 is 43.5 Å². The van der Waals surface area contributed by atoms with Crippen LogP contribution in [0.25, 0.3) is 0 Å². The van der Waals surface area contributed by atoms with Crippen LogP contribution in [0.15, 0.2) is 3.39 Å². The average Bonchev–Trinajstić information content (AvgIpc) is 1.38. The van der Waals surface area contributed by atoms with E-state index in [4.69, 9.17) is 11.6 Å². The summed E-state index contributed by atoms with van der Waals surface area (Å²) in [5.41, 5.74) is 2.25. The Morgan fingerprint density at radius 1 is 1.60 bits per heavy atom. The molecule has 5 heavy (non-hydrogen) atoms. The number of halogens is 3. The Balaban J connectivity index is 3.14. The Hall–Kier alpha value is 0.990. The van der Waals surface area contributed by atoms with Gasteiger partial charge in [-0.15, -0.1) is 0 Å². The van der Waals surface area contributed by atoms with Gasteiger partial charge in [-0.05, 0) is 31.9 Å². The van der Waals surface area contributed by atoms with E-state index in [0.29, 0.717) is 3.39 Å². The summed E-state index contributed by atoms with van der Waals surface area (Å²) in [6.45, 7) is 0. The van der Waals surface area contributed by atoms with Crippen LogP contribution in [0.5, 0.6) is 0 Å². The van der Waals surface area contributed by atoms with E-state index in [-0.39, 0.29) is 0 Å². The van der Waals surface area contributed by atoms with Crippen molar-refractivity contribution in [1.29, 1.82) is 0 Å². The van der Waals surface area contributed by atoms with Gasteiger partial charge in [0, 0.05) is 0 Å². The third-order valence-electron chi connectivity index (χ3n) is 0.0714. The molecular formula is C2Br2Cl. The van der Waals surface area contributed by atoms with Crippen LogP contribution in [0, 0.1) is 5.54 Å². The molecule has 0 fully saturated rings. The molecular weight excluding hydrogens is 219 g/mol. The molecule has 29 valence electrons. The van der Waals surface area contributed by atoms with Gasteiger partial charge in [0.2, 0.25) is 0 Å². The van der Waals surface area contributed by atoms with Crippen LogP contribution in [0.1, 0.15) is 0 Å². The van der Waals surface area contributed by atoms with Gasteiger partial charge in [0.05, 0.1) is 8.93 Å². The van der Waals surface area contributed by atoms with Gasteiger partial charge in [0.25, 0.3) is 0 Å².